The number of methoxy groups -OCH3 is 3. The third kappa shape index (κ3) is 4.20. The number of nitrogens with two attached hydrogens (primary N) is 1. The predicted molar refractivity (Wildman–Crippen MR) is 121 cm³/mol. The van der Waals surface area contributed by atoms with Crippen molar-refractivity contribution in [1.82, 2.24) is 15.0 Å². The number of fused-ring (bicyclic) bond motifs is 1. The highest BCUT2D eigenvalue weighted by atomic mass is 16.5. The van der Waals surface area contributed by atoms with Crippen LogP contribution in [0.5, 0.6) is 17.2 Å². The molecule has 0 atom stereocenters. The zero-order valence-electron chi connectivity index (χ0n) is 17.3. The average molecular weight is 418 g/mol. The zero-order chi connectivity index (χ0) is 21.8. The van der Waals surface area contributed by atoms with Crippen molar-refractivity contribution in [2.75, 3.05) is 37.7 Å². The Hall–Kier alpha value is -4.27. The summed E-state index contributed by atoms with van der Waals surface area (Å²) < 4.78 is 16.2. The molecule has 0 amide bonds. The van der Waals surface area contributed by atoms with Crippen molar-refractivity contribution < 1.29 is 14.2 Å². The number of anilines is 5. The molecule has 0 fully saturated rings. The molecular weight excluding hydrogens is 396 g/mol. The van der Waals surface area contributed by atoms with Gasteiger partial charge in [-0.3, -0.25) is 0 Å². The monoisotopic (exact) mass is 418 g/mol. The Morgan fingerprint density at radius 1 is 0.806 bits per heavy atom. The van der Waals surface area contributed by atoms with Crippen LogP contribution in [0, 0.1) is 0 Å². The number of pyridine rings is 1. The van der Waals surface area contributed by atoms with Crippen molar-refractivity contribution in [1.29, 1.82) is 0 Å². The standard InChI is InChI=1S/C22H22N6O3/c1-29-16-10-14(11-17(30-2)20(16)31-3)25-18-12-19(28-22(23)27-18)26-21-15-7-5-4-6-13(15)8-9-24-21/h4-12H,1-3H3,(H4,23,24,25,26,27,28). The average Bonchev–Trinajstić information content (AvgIpc) is 2.78. The molecule has 158 valence electrons. The van der Waals surface area contributed by atoms with Gasteiger partial charge in [-0.2, -0.15) is 9.97 Å². The second kappa shape index (κ2) is 8.62. The number of ether oxygens (including phenoxy) is 3. The summed E-state index contributed by atoms with van der Waals surface area (Å²) in [6, 6.07) is 15.2. The summed E-state index contributed by atoms with van der Waals surface area (Å²) in [4.78, 5) is 13.0. The Morgan fingerprint density at radius 2 is 1.48 bits per heavy atom. The van der Waals surface area contributed by atoms with Crippen molar-refractivity contribution in [2.24, 2.45) is 0 Å². The van der Waals surface area contributed by atoms with E-state index in [1.807, 2.05) is 30.3 Å². The molecule has 0 saturated carbocycles. The van der Waals surface area contributed by atoms with E-state index in [2.05, 4.69) is 25.6 Å². The molecule has 0 aliphatic carbocycles. The van der Waals surface area contributed by atoms with Crippen LogP contribution in [0.15, 0.2) is 54.7 Å². The topological polar surface area (TPSA) is 116 Å². The first-order chi connectivity index (χ1) is 15.1. The SMILES string of the molecule is COc1cc(Nc2cc(Nc3nccc4ccccc34)nc(N)n2)cc(OC)c1OC. The first-order valence-electron chi connectivity index (χ1n) is 9.43. The van der Waals surface area contributed by atoms with E-state index in [0.717, 1.165) is 10.8 Å². The molecule has 2 aromatic heterocycles. The van der Waals surface area contributed by atoms with E-state index in [0.29, 0.717) is 40.4 Å². The van der Waals surface area contributed by atoms with E-state index >= 15 is 0 Å². The fourth-order valence-corrected chi connectivity index (χ4v) is 3.24. The molecule has 0 saturated heterocycles. The summed E-state index contributed by atoms with van der Waals surface area (Å²) >= 11 is 0. The molecule has 0 bridgehead atoms. The summed E-state index contributed by atoms with van der Waals surface area (Å²) in [5.41, 5.74) is 6.63. The Labute approximate surface area is 179 Å². The highest BCUT2D eigenvalue weighted by Gasteiger charge is 2.14. The Morgan fingerprint density at radius 3 is 2.16 bits per heavy atom. The molecule has 0 aliphatic heterocycles. The zero-order valence-corrected chi connectivity index (χ0v) is 17.3. The van der Waals surface area contributed by atoms with Gasteiger partial charge in [0.2, 0.25) is 11.7 Å². The van der Waals surface area contributed by atoms with E-state index < -0.39 is 0 Å². The number of hydrogen-bond acceptors (Lipinski definition) is 9. The van der Waals surface area contributed by atoms with Crippen LogP contribution >= 0.6 is 0 Å². The number of benzene rings is 2. The summed E-state index contributed by atoms with van der Waals surface area (Å²) in [6.45, 7) is 0. The number of hydrogen-bond donors (Lipinski definition) is 3. The molecule has 2 heterocycles. The van der Waals surface area contributed by atoms with Gasteiger partial charge in [-0.05, 0) is 11.5 Å². The maximum absolute atomic E-state index is 5.95. The lowest BCUT2D eigenvalue weighted by Crippen LogP contribution is -2.05. The molecule has 31 heavy (non-hydrogen) atoms. The van der Waals surface area contributed by atoms with Gasteiger partial charge in [0, 0.05) is 35.5 Å². The molecule has 4 rings (SSSR count). The largest absolute Gasteiger partial charge is 0.493 e. The first kappa shape index (κ1) is 20.0. The normalized spacial score (nSPS) is 10.5. The molecule has 0 radical (unpaired) electrons. The maximum atomic E-state index is 5.95. The van der Waals surface area contributed by atoms with Crippen LogP contribution in [0.1, 0.15) is 0 Å². The van der Waals surface area contributed by atoms with Crippen molar-refractivity contribution in [3.05, 3.63) is 54.7 Å². The van der Waals surface area contributed by atoms with E-state index in [9.17, 15) is 0 Å². The lowest BCUT2D eigenvalue weighted by Gasteiger charge is -2.15. The van der Waals surface area contributed by atoms with Crippen LogP contribution in [-0.4, -0.2) is 36.3 Å². The minimum Gasteiger partial charge on any atom is -0.493 e. The maximum Gasteiger partial charge on any atom is 0.223 e. The van der Waals surface area contributed by atoms with E-state index in [1.165, 1.54) is 0 Å². The molecule has 4 aromatic rings. The van der Waals surface area contributed by atoms with Crippen LogP contribution < -0.4 is 30.6 Å². The Bertz CT molecular complexity index is 1200. The van der Waals surface area contributed by atoms with Crippen LogP contribution in [0.2, 0.25) is 0 Å². The highest BCUT2D eigenvalue weighted by molar-refractivity contribution is 5.93. The van der Waals surface area contributed by atoms with Crippen molar-refractivity contribution in [3.63, 3.8) is 0 Å². The third-order valence-corrected chi connectivity index (χ3v) is 4.60. The van der Waals surface area contributed by atoms with Gasteiger partial charge in [0.25, 0.3) is 0 Å². The number of rotatable bonds is 7. The van der Waals surface area contributed by atoms with Gasteiger partial charge in [-0.1, -0.05) is 24.3 Å². The van der Waals surface area contributed by atoms with Crippen molar-refractivity contribution >= 4 is 39.9 Å². The van der Waals surface area contributed by atoms with Crippen molar-refractivity contribution in [3.8, 4) is 17.2 Å². The fourth-order valence-electron chi connectivity index (χ4n) is 3.24. The molecule has 4 N–H and O–H groups in total. The van der Waals surface area contributed by atoms with Crippen LogP contribution in [0.25, 0.3) is 10.8 Å². The summed E-state index contributed by atoms with van der Waals surface area (Å²) in [5.74, 6) is 3.32. The van der Waals surface area contributed by atoms with Crippen LogP contribution in [-0.2, 0) is 0 Å². The molecule has 0 spiro atoms. The lowest BCUT2D eigenvalue weighted by atomic mass is 10.1. The van der Waals surface area contributed by atoms with Gasteiger partial charge in [0.05, 0.1) is 21.3 Å². The molecular formula is C22H22N6O3. The Kier molecular flexibility index (Phi) is 5.57. The lowest BCUT2D eigenvalue weighted by molar-refractivity contribution is 0.324. The second-order valence-corrected chi connectivity index (χ2v) is 6.54. The number of nitrogens with one attached hydrogen (secondary N) is 2. The summed E-state index contributed by atoms with van der Waals surface area (Å²) in [5, 5.41) is 8.47. The molecule has 9 nitrogen and oxygen atoms in total. The molecule has 9 heteroatoms. The van der Waals surface area contributed by atoms with Crippen molar-refractivity contribution in [2.45, 2.75) is 0 Å². The minimum atomic E-state index is 0.111. The van der Waals surface area contributed by atoms with Gasteiger partial charge >= 0.3 is 0 Å². The van der Waals surface area contributed by atoms with Gasteiger partial charge in [-0.15, -0.1) is 0 Å². The van der Waals surface area contributed by atoms with E-state index in [1.54, 1.807) is 45.7 Å². The smallest absolute Gasteiger partial charge is 0.223 e. The first-order valence-corrected chi connectivity index (χ1v) is 9.43. The quantitative estimate of drug-likeness (QED) is 0.407. The Balaban J connectivity index is 1.66. The van der Waals surface area contributed by atoms with Crippen LogP contribution in [0.3, 0.4) is 0 Å². The molecule has 0 unspecified atom stereocenters. The number of nitrogen functional groups attached to an aromatic ring is 1. The number of aromatic nitrogens is 3. The minimum absolute atomic E-state index is 0.111. The van der Waals surface area contributed by atoms with E-state index in [-0.39, 0.29) is 5.95 Å². The number of nitrogens with zero attached hydrogens (tertiary/aromatic N) is 3. The van der Waals surface area contributed by atoms with Crippen LogP contribution in [0.4, 0.5) is 29.1 Å². The fraction of sp³-hybridized carbons (Fsp3) is 0.136. The second-order valence-electron chi connectivity index (χ2n) is 6.54. The highest BCUT2D eigenvalue weighted by Crippen LogP contribution is 2.40. The van der Waals surface area contributed by atoms with Gasteiger partial charge in [0.1, 0.15) is 17.5 Å². The van der Waals surface area contributed by atoms with Gasteiger partial charge in [-0.25, -0.2) is 4.98 Å². The van der Waals surface area contributed by atoms with Gasteiger partial charge in [0.15, 0.2) is 11.5 Å². The summed E-state index contributed by atoms with van der Waals surface area (Å²) in [6.07, 6.45) is 1.74. The molecule has 0 aliphatic rings. The third-order valence-electron chi connectivity index (χ3n) is 4.60. The predicted octanol–water partition coefficient (Wildman–Crippen LogP) is 4.12. The summed E-state index contributed by atoms with van der Waals surface area (Å²) in [7, 11) is 4.67. The molecule has 2 aromatic carbocycles. The van der Waals surface area contributed by atoms with E-state index in [4.69, 9.17) is 19.9 Å². The van der Waals surface area contributed by atoms with Gasteiger partial charge < -0.3 is 30.6 Å².